The summed E-state index contributed by atoms with van der Waals surface area (Å²) in [6, 6.07) is 13.1. The molecule has 0 amide bonds. The second-order valence-corrected chi connectivity index (χ2v) is 6.72. The Morgan fingerprint density at radius 1 is 1.14 bits per heavy atom. The SMILES string of the molecule is O=c1[nH]c(Oc2cccc(-c3nnc(Nc4ccc5[nH]ncc5c4)s3)c2)no1. The van der Waals surface area contributed by atoms with Crippen LogP contribution in [-0.4, -0.2) is 30.5 Å². The summed E-state index contributed by atoms with van der Waals surface area (Å²) in [5.74, 6) is -0.197. The van der Waals surface area contributed by atoms with Crippen molar-refractivity contribution < 1.29 is 9.26 Å². The number of ether oxygens (including phenoxy) is 1. The molecule has 0 bridgehead atoms. The summed E-state index contributed by atoms with van der Waals surface area (Å²) in [5, 5.41) is 24.4. The molecule has 0 aliphatic carbocycles. The van der Waals surface area contributed by atoms with Gasteiger partial charge in [0.15, 0.2) is 0 Å². The molecule has 0 radical (unpaired) electrons. The maximum absolute atomic E-state index is 11.0. The fraction of sp³-hybridized carbons (Fsp3) is 0. The summed E-state index contributed by atoms with van der Waals surface area (Å²) in [5.41, 5.74) is 2.68. The number of benzene rings is 2. The first-order valence-corrected chi connectivity index (χ1v) is 8.92. The van der Waals surface area contributed by atoms with Crippen molar-refractivity contribution in [3.8, 4) is 22.3 Å². The zero-order valence-electron chi connectivity index (χ0n) is 14.0. The monoisotopic (exact) mass is 393 g/mol. The quantitative estimate of drug-likeness (QED) is 0.414. The first-order valence-electron chi connectivity index (χ1n) is 8.11. The average Bonchev–Trinajstić information content (AvgIpc) is 3.43. The predicted molar refractivity (Wildman–Crippen MR) is 102 cm³/mol. The van der Waals surface area contributed by atoms with Crippen molar-refractivity contribution in [2.24, 2.45) is 0 Å². The Morgan fingerprint density at radius 3 is 3.00 bits per heavy atom. The molecule has 138 valence electrons. The van der Waals surface area contributed by atoms with Crippen LogP contribution < -0.4 is 15.8 Å². The first kappa shape index (κ1) is 16.2. The van der Waals surface area contributed by atoms with E-state index in [9.17, 15) is 4.79 Å². The van der Waals surface area contributed by atoms with Gasteiger partial charge in [0.25, 0.3) is 0 Å². The summed E-state index contributed by atoms with van der Waals surface area (Å²) >= 11 is 1.40. The minimum absolute atomic E-state index is 0.0172. The molecule has 0 atom stereocenters. The van der Waals surface area contributed by atoms with Gasteiger partial charge in [0.2, 0.25) is 5.13 Å². The molecule has 3 aromatic heterocycles. The summed E-state index contributed by atoms with van der Waals surface area (Å²) in [6.45, 7) is 0. The Labute approximate surface area is 160 Å². The zero-order chi connectivity index (χ0) is 18.9. The number of hydrogen-bond donors (Lipinski definition) is 3. The topological polar surface area (TPSA) is 135 Å². The van der Waals surface area contributed by atoms with E-state index in [4.69, 9.17) is 4.74 Å². The van der Waals surface area contributed by atoms with Gasteiger partial charge < -0.3 is 10.1 Å². The van der Waals surface area contributed by atoms with Crippen LogP contribution in [0, 0.1) is 0 Å². The van der Waals surface area contributed by atoms with Gasteiger partial charge in [-0.2, -0.15) is 5.10 Å². The van der Waals surface area contributed by atoms with Crippen LogP contribution in [0.3, 0.4) is 0 Å². The molecular formula is C17H11N7O3S. The standard InChI is InChI=1S/C17H11N7O3S/c25-17-20-15(24-27-17)26-12-3-1-2-9(7-12)14-22-23-16(28-14)19-11-4-5-13-10(6-11)8-18-21-13/h1-8H,(H,18,21)(H,19,23)(H,20,24,25). The summed E-state index contributed by atoms with van der Waals surface area (Å²) in [4.78, 5) is 13.3. The number of fused-ring (bicyclic) bond motifs is 1. The van der Waals surface area contributed by atoms with Crippen molar-refractivity contribution >= 4 is 33.1 Å². The highest BCUT2D eigenvalue weighted by Gasteiger charge is 2.10. The predicted octanol–water partition coefficient (Wildman–Crippen LogP) is 3.29. The molecule has 5 aromatic rings. The summed E-state index contributed by atoms with van der Waals surface area (Å²) < 4.78 is 9.88. The van der Waals surface area contributed by atoms with Gasteiger partial charge in [-0.1, -0.05) is 23.5 Å². The van der Waals surface area contributed by atoms with Crippen molar-refractivity contribution in [3.05, 3.63) is 59.2 Å². The molecular weight excluding hydrogens is 382 g/mol. The third-order valence-electron chi connectivity index (χ3n) is 3.83. The first-order chi connectivity index (χ1) is 13.7. The number of rotatable bonds is 5. The average molecular weight is 393 g/mol. The molecule has 0 unspecified atom stereocenters. The van der Waals surface area contributed by atoms with E-state index < -0.39 is 5.76 Å². The number of aromatic amines is 2. The molecule has 0 aliphatic rings. The lowest BCUT2D eigenvalue weighted by molar-refractivity contribution is 0.351. The third kappa shape index (κ3) is 3.21. The molecule has 10 nitrogen and oxygen atoms in total. The van der Waals surface area contributed by atoms with Crippen molar-refractivity contribution in [1.82, 2.24) is 30.5 Å². The van der Waals surface area contributed by atoms with Gasteiger partial charge in [-0.3, -0.25) is 9.62 Å². The second kappa shape index (κ2) is 6.63. The molecule has 5 rings (SSSR count). The molecule has 28 heavy (non-hydrogen) atoms. The number of nitrogens with zero attached hydrogens (tertiary/aromatic N) is 4. The lowest BCUT2D eigenvalue weighted by Gasteiger charge is -2.02. The number of aromatic nitrogens is 6. The molecule has 0 spiro atoms. The maximum atomic E-state index is 11.0. The largest absolute Gasteiger partial charge is 0.441 e. The van der Waals surface area contributed by atoms with Crippen LogP contribution in [0.15, 0.2) is 58.0 Å². The van der Waals surface area contributed by atoms with Gasteiger partial charge in [-0.15, -0.1) is 10.2 Å². The third-order valence-corrected chi connectivity index (χ3v) is 4.72. The smallest absolute Gasteiger partial charge is 0.424 e. The molecule has 0 aliphatic heterocycles. The molecule has 2 aromatic carbocycles. The van der Waals surface area contributed by atoms with E-state index >= 15 is 0 Å². The van der Waals surface area contributed by atoms with Crippen molar-refractivity contribution in [3.63, 3.8) is 0 Å². The van der Waals surface area contributed by atoms with Gasteiger partial charge >= 0.3 is 11.8 Å². The number of H-pyrrole nitrogens is 2. The van der Waals surface area contributed by atoms with E-state index in [1.165, 1.54) is 11.3 Å². The maximum Gasteiger partial charge on any atom is 0.441 e. The van der Waals surface area contributed by atoms with Crippen LogP contribution in [0.5, 0.6) is 11.8 Å². The van der Waals surface area contributed by atoms with Gasteiger partial charge in [-0.05, 0) is 35.5 Å². The molecule has 3 N–H and O–H groups in total. The number of anilines is 2. The second-order valence-electron chi connectivity index (χ2n) is 5.74. The van der Waals surface area contributed by atoms with Crippen LogP contribution in [0.4, 0.5) is 10.8 Å². The van der Waals surface area contributed by atoms with Crippen LogP contribution >= 0.6 is 11.3 Å². The van der Waals surface area contributed by atoms with E-state index in [-0.39, 0.29) is 6.01 Å². The van der Waals surface area contributed by atoms with Gasteiger partial charge in [0.1, 0.15) is 10.8 Å². The molecule has 3 heterocycles. The highest BCUT2D eigenvalue weighted by atomic mass is 32.1. The zero-order valence-corrected chi connectivity index (χ0v) is 14.9. The summed E-state index contributed by atoms with van der Waals surface area (Å²) in [7, 11) is 0. The van der Waals surface area contributed by atoms with Crippen molar-refractivity contribution in [2.45, 2.75) is 0 Å². The van der Waals surface area contributed by atoms with E-state index in [1.807, 2.05) is 30.3 Å². The Kier molecular flexibility index (Phi) is 3.84. The number of hydrogen-bond acceptors (Lipinski definition) is 9. The van der Waals surface area contributed by atoms with Crippen molar-refractivity contribution in [1.29, 1.82) is 0 Å². The summed E-state index contributed by atoms with van der Waals surface area (Å²) in [6.07, 6.45) is 1.76. The fourth-order valence-electron chi connectivity index (χ4n) is 2.60. The lowest BCUT2D eigenvalue weighted by Crippen LogP contribution is -1.95. The molecule has 0 fully saturated rings. The molecule has 0 saturated heterocycles. The van der Waals surface area contributed by atoms with Gasteiger partial charge in [-0.25, -0.2) is 9.78 Å². The highest BCUT2D eigenvalue weighted by molar-refractivity contribution is 7.18. The Bertz CT molecular complexity index is 1320. The Balaban J connectivity index is 1.36. The minimum atomic E-state index is -0.681. The highest BCUT2D eigenvalue weighted by Crippen LogP contribution is 2.31. The Morgan fingerprint density at radius 2 is 2.11 bits per heavy atom. The minimum Gasteiger partial charge on any atom is -0.424 e. The van der Waals surface area contributed by atoms with E-state index in [0.29, 0.717) is 15.9 Å². The van der Waals surface area contributed by atoms with Crippen molar-refractivity contribution in [2.75, 3.05) is 5.32 Å². The molecule has 11 heteroatoms. The van der Waals surface area contributed by atoms with Gasteiger partial charge in [0, 0.05) is 16.6 Å². The van der Waals surface area contributed by atoms with Crippen LogP contribution in [-0.2, 0) is 0 Å². The Hall–Kier alpha value is -3.99. The van der Waals surface area contributed by atoms with Crippen LogP contribution in [0.25, 0.3) is 21.5 Å². The van der Waals surface area contributed by atoms with E-state index in [0.717, 1.165) is 22.2 Å². The van der Waals surface area contributed by atoms with E-state index in [2.05, 4.69) is 40.4 Å². The lowest BCUT2D eigenvalue weighted by atomic mass is 10.2. The van der Waals surface area contributed by atoms with Crippen LogP contribution in [0.2, 0.25) is 0 Å². The number of nitrogens with one attached hydrogen (secondary N) is 3. The normalized spacial score (nSPS) is 11.0. The van der Waals surface area contributed by atoms with Gasteiger partial charge in [0.05, 0.1) is 11.7 Å². The fourth-order valence-corrected chi connectivity index (χ4v) is 3.36. The van der Waals surface area contributed by atoms with Crippen LogP contribution in [0.1, 0.15) is 0 Å². The molecule has 0 saturated carbocycles. The van der Waals surface area contributed by atoms with E-state index in [1.54, 1.807) is 18.3 Å².